The van der Waals surface area contributed by atoms with Crippen molar-refractivity contribution in [1.29, 1.82) is 0 Å². The number of methoxy groups -OCH3 is 1. The Morgan fingerprint density at radius 1 is 1.05 bits per heavy atom. The molecule has 1 rings (SSSR count). The summed E-state index contributed by atoms with van der Waals surface area (Å²) >= 11 is 0. The third-order valence-corrected chi connectivity index (χ3v) is 2.63. The fourth-order valence-electron chi connectivity index (χ4n) is 1.49. The first kappa shape index (κ1) is 16.5. The van der Waals surface area contributed by atoms with Crippen LogP contribution in [0.4, 0.5) is 0 Å². The molecule has 0 radical (unpaired) electrons. The third-order valence-electron chi connectivity index (χ3n) is 2.63. The number of aliphatic hydroxyl groups is 4. The molecule has 0 bridgehead atoms. The van der Waals surface area contributed by atoms with Gasteiger partial charge in [0.2, 0.25) is 0 Å². The van der Waals surface area contributed by atoms with Gasteiger partial charge in [-0.1, -0.05) is 0 Å². The number of aliphatic hydroxyl groups excluding tert-OH is 4. The Hall–Kier alpha value is -1.52. The molecular weight excluding hydrogens is 276 g/mol. The first-order valence-corrected chi connectivity index (χ1v) is 5.67. The summed E-state index contributed by atoms with van der Waals surface area (Å²) in [6.07, 6.45) is -6.09. The summed E-state index contributed by atoms with van der Waals surface area (Å²) in [4.78, 5) is 21.9. The van der Waals surface area contributed by atoms with E-state index in [1.54, 1.807) is 0 Å². The number of carbonyl (C=O) groups is 2. The molecule has 0 amide bonds. The van der Waals surface area contributed by atoms with Crippen molar-refractivity contribution in [3.8, 4) is 0 Å². The number of carbonyl (C=O) groups excluding carboxylic acids is 2. The largest absolute Gasteiger partial charge is 0.466 e. The molecule has 1 aliphatic heterocycles. The maximum atomic E-state index is 11.2. The van der Waals surface area contributed by atoms with E-state index in [1.165, 1.54) is 0 Å². The molecule has 0 spiro atoms. The lowest BCUT2D eigenvalue weighted by atomic mass is 9.99. The highest BCUT2D eigenvalue weighted by Crippen LogP contribution is 2.20. The van der Waals surface area contributed by atoms with E-state index in [2.05, 4.69) is 9.47 Å². The van der Waals surface area contributed by atoms with Crippen molar-refractivity contribution in [1.82, 2.24) is 0 Å². The van der Waals surface area contributed by atoms with Gasteiger partial charge in [-0.3, -0.25) is 0 Å². The Morgan fingerprint density at radius 3 is 2.25 bits per heavy atom. The maximum Gasteiger partial charge on any atom is 0.331 e. The van der Waals surface area contributed by atoms with Crippen molar-refractivity contribution >= 4 is 11.9 Å². The molecule has 5 atom stereocenters. The Morgan fingerprint density at radius 2 is 1.65 bits per heavy atom. The standard InChI is InChI=1S/C11H16O9/c1-18-6(12)2-3-7(13)19-4-5-8(14)9(15)10(16)11(17)20-5/h2-3,5,8-11,14-17H,4H2,1H3/t5-,8+,9+,10-,11?/m1/s1. The Bertz CT molecular complexity index is 380. The van der Waals surface area contributed by atoms with Crippen molar-refractivity contribution in [3.05, 3.63) is 12.2 Å². The van der Waals surface area contributed by atoms with Crippen molar-refractivity contribution in [2.75, 3.05) is 13.7 Å². The van der Waals surface area contributed by atoms with Gasteiger partial charge < -0.3 is 34.6 Å². The molecule has 0 aromatic rings. The van der Waals surface area contributed by atoms with E-state index >= 15 is 0 Å². The van der Waals surface area contributed by atoms with E-state index in [-0.39, 0.29) is 0 Å². The van der Waals surface area contributed by atoms with Gasteiger partial charge in [0, 0.05) is 12.2 Å². The van der Waals surface area contributed by atoms with Crippen LogP contribution in [-0.4, -0.2) is 76.8 Å². The average molecular weight is 292 g/mol. The molecule has 1 fully saturated rings. The Labute approximate surface area is 114 Å². The monoisotopic (exact) mass is 292 g/mol. The van der Waals surface area contributed by atoms with Crippen LogP contribution in [0.15, 0.2) is 12.2 Å². The number of hydrogen-bond acceptors (Lipinski definition) is 9. The topological polar surface area (TPSA) is 143 Å². The summed E-state index contributed by atoms with van der Waals surface area (Å²) < 4.78 is 13.7. The molecule has 4 N–H and O–H groups in total. The van der Waals surface area contributed by atoms with Gasteiger partial charge in [-0.15, -0.1) is 0 Å². The van der Waals surface area contributed by atoms with Crippen LogP contribution in [0.2, 0.25) is 0 Å². The molecule has 0 aromatic heterocycles. The van der Waals surface area contributed by atoms with E-state index in [4.69, 9.17) is 4.74 Å². The minimum absolute atomic E-state index is 0.480. The molecule has 0 aliphatic carbocycles. The number of esters is 2. The lowest BCUT2D eigenvalue weighted by Gasteiger charge is -2.37. The molecule has 1 saturated heterocycles. The van der Waals surface area contributed by atoms with Crippen LogP contribution >= 0.6 is 0 Å². The van der Waals surface area contributed by atoms with Gasteiger partial charge in [0.05, 0.1) is 7.11 Å². The average Bonchev–Trinajstić information content (AvgIpc) is 2.44. The van der Waals surface area contributed by atoms with Crippen LogP contribution < -0.4 is 0 Å². The smallest absolute Gasteiger partial charge is 0.331 e. The maximum absolute atomic E-state index is 11.2. The van der Waals surface area contributed by atoms with Gasteiger partial charge in [-0.05, 0) is 0 Å². The molecule has 0 saturated carbocycles. The molecular formula is C11H16O9. The van der Waals surface area contributed by atoms with Crippen molar-refractivity contribution in [3.63, 3.8) is 0 Å². The minimum Gasteiger partial charge on any atom is -0.466 e. The van der Waals surface area contributed by atoms with Gasteiger partial charge in [-0.25, -0.2) is 9.59 Å². The first-order valence-electron chi connectivity index (χ1n) is 5.67. The van der Waals surface area contributed by atoms with E-state index < -0.39 is 49.3 Å². The number of ether oxygens (including phenoxy) is 3. The zero-order chi connectivity index (χ0) is 15.3. The van der Waals surface area contributed by atoms with Gasteiger partial charge in [0.25, 0.3) is 0 Å². The second kappa shape index (κ2) is 7.31. The van der Waals surface area contributed by atoms with Crippen molar-refractivity contribution in [2.24, 2.45) is 0 Å². The van der Waals surface area contributed by atoms with Gasteiger partial charge >= 0.3 is 11.9 Å². The number of hydrogen-bond donors (Lipinski definition) is 4. The zero-order valence-electron chi connectivity index (χ0n) is 10.6. The van der Waals surface area contributed by atoms with Crippen LogP contribution in [0.25, 0.3) is 0 Å². The predicted molar refractivity (Wildman–Crippen MR) is 61.0 cm³/mol. The van der Waals surface area contributed by atoms with Gasteiger partial charge in [0.1, 0.15) is 31.0 Å². The summed E-state index contributed by atoms with van der Waals surface area (Å²) in [5.74, 6) is -1.65. The molecule has 114 valence electrons. The summed E-state index contributed by atoms with van der Waals surface area (Å²) in [5.41, 5.74) is 0. The molecule has 1 heterocycles. The van der Waals surface area contributed by atoms with Crippen LogP contribution in [0.1, 0.15) is 0 Å². The SMILES string of the molecule is COC(=O)C=CC(=O)OC[C@H]1OC(O)[C@H](O)[C@@H](O)[C@H]1O. The highest BCUT2D eigenvalue weighted by molar-refractivity contribution is 5.91. The quantitative estimate of drug-likeness (QED) is 0.316. The third kappa shape index (κ3) is 4.25. The van der Waals surface area contributed by atoms with Gasteiger partial charge in [0.15, 0.2) is 6.29 Å². The zero-order valence-corrected chi connectivity index (χ0v) is 10.6. The fraction of sp³-hybridized carbons (Fsp3) is 0.636. The predicted octanol–water partition coefficient (Wildman–Crippen LogP) is -2.94. The van der Waals surface area contributed by atoms with Gasteiger partial charge in [-0.2, -0.15) is 0 Å². The summed E-state index contributed by atoms with van der Waals surface area (Å²) in [6.45, 7) is -0.480. The Balaban J connectivity index is 2.47. The molecule has 1 aliphatic rings. The van der Waals surface area contributed by atoms with Crippen LogP contribution in [-0.2, 0) is 23.8 Å². The Kier molecular flexibility index (Phi) is 6.05. The van der Waals surface area contributed by atoms with Crippen LogP contribution in [0.5, 0.6) is 0 Å². The molecule has 1 unspecified atom stereocenters. The molecule has 0 aromatic carbocycles. The normalized spacial score (nSPS) is 34.0. The van der Waals surface area contributed by atoms with E-state index in [1.807, 2.05) is 0 Å². The van der Waals surface area contributed by atoms with Crippen molar-refractivity contribution in [2.45, 2.75) is 30.7 Å². The van der Waals surface area contributed by atoms with Crippen molar-refractivity contribution < 1.29 is 44.2 Å². The number of rotatable bonds is 4. The molecule has 9 heteroatoms. The lowest BCUT2D eigenvalue weighted by Crippen LogP contribution is -2.58. The second-order valence-corrected chi connectivity index (χ2v) is 4.02. The van der Waals surface area contributed by atoms with E-state index in [0.717, 1.165) is 19.3 Å². The summed E-state index contributed by atoms with van der Waals surface area (Å²) in [6, 6.07) is 0. The lowest BCUT2D eigenvalue weighted by molar-refractivity contribution is -0.287. The summed E-state index contributed by atoms with van der Waals surface area (Å²) in [7, 11) is 1.14. The van der Waals surface area contributed by atoms with Crippen LogP contribution in [0, 0.1) is 0 Å². The first-order chi connectivity index (χ1) is 9.36. The second-order valence-electron chi connectivity index (χ2n) is 4.02. The van der Waals surface area contributed by atoms with E-state index in [9.17, 15) is 30.0 Å². The summed E-state index contributed by atoms with van der Waals surface area (Å²) in [5, 5.41) is 37.4. The minimum atomic E-state index is -1.71. The fourth-order valence-corrected chi connectivity index (χ4v) is 1.49. The molecule has 9 nitrogen and oxygen atoms in total. The highest BCUT2D eigenvalue weighted by atomic mass is 16.6. The van der Waals surface area contributed by atoms with E-state index in [0.29, 0.717) is 0 Å². The molecule has 20 heavy (non-hydrogen) atoms. The highest BCUT2D eigenvalue weighted by Gasteiger charge is 2.43. The van der Waals surface area contributed by atoms with Crippen LogP contribution in [0.3, 0.4) is 0 Å².